The fourth-order valence-electron chi connectivity index (χ4n) is 3.31. The van der Waals surface area contributed by atoms with E-state index in [-0.39, 0.29) is 24.1 Å². The Morgan fingerprint density at radius 3 is 2.61 bits per heavy atom. The number of aromatic nitrogens is 2. The lowest BCUT2D eigenvalue weighted by Gasteiger charge is -2.36. The molecule has 1 aromatic carbocycles. The molecule has 1 saturated heterocycles. The van der Waals surface area contributed by atoms with Crippen LogP contribution in [0.5, 0.6) is 0 Å². The third-order valence-corrected chi connectivity index (χ3v) is 7.24. The SMILES string of the molecule is CC(C)S(=O)(=O)Cc1cccc(NC(=O)C2(n3cccn3)CCNCC2)c1.Cl. The number of carbonyl (C=O) groups is 1. The summed E-state index contributed by atoms with van der Waals surface area (Å²) in [5.41, 5.74) is 0.524. The largest absolute Gasteiger partial charge is 0.324 e. The first-order valence-electron chi connectivity index (χ1n) is 9.16. The Morgan fingerprint density at radius 2 is 2.00 bits per heavy atom. The molecule has 0 aliphatic carbocycles. The number of nitrogens with zero attached hydrogens (tertiary/aromatic N) is 2. The zero-order valence-electron chi connectivity index (χ0n) is 16.1. The fraction of sp³-hybridized carbons (Fsp3) is 0.474. The summed E-state index contributed by atoms with van der Waals surface area (Å²) < 4.78 is 26.1. The smallest absolute Gasteiger partial charge is 0.252 e. The number of hydrogen-bond acceptors (Lipinski definition) is 5. The van der Waals surface area contributed by atoms with E-state index in [0.717, 1.165) is 13.1 Å². The summed E-state index contributed by atoms with van der Waals surface area (Å²) >= 11 is 0. The average molecular weight is 427 g/mol. The number of hydrogen-bond donors (Lipinski definition) is 2. The number of carbonyl (C=O) groups excluding carboxylic acids is 1. The molecular formula is C19H27ClN4O3S. The van der Waals surface area contributed by atoms with Crippen molar-refractivity contribution in [2.75, 3.05) is 18.4 Å². The quantitative estimate of drug-likeness (QED) is 0.739. The van der Waals surface area contributed by atoms with E-state index in [1.807, 2.05) is 12.3 Å². The van der Waals surface area contributed by atoms with E-state index in [4.69, 9.17) is 0 Å². The average Bonchev–Trinajstić information content (AvgIpc) is 3.17. The van der Waals surface area contributed by atoms with E-state index in [2.05, 4.69) is 15.7 Å². The van der Waals surface area contributed by atoms with Crippen LogP contribution in [0, 0.1) is 0 Å². The molecule has 7 nitrogen and oxygen atoms in total. The summed E-state index contributed by atoms with van der Waals surface area (Å²) in [6.45, 7) is 4.82. The van der Waals surface area contributed by atoms with Crippen molar-refractivity contribution < 1.29 is 13.2 Å². The molecule has 3 rings (SSSR count). The molecular weight excluding hydrogens is 400 g/mol. The van der Waals surface area contributed by atoms with E-state index < -0.39 is 20.6 Å². The van der Waals surface area contributed by atoms with Crippen LogP contribution in [0.2, 0.25) is 0 Å². The third kappa shape index (κ3) is 4.74. The van der Waals surface area contributed by atoms with Gasteiger partial charge in [-0.2, -0.15) is 5.10 Å². The van der Waals surface area contributed by atoms with Gasteiger partial charge in [0, 0.05) is 18.1 Å². The molecule has 2 aromatic rings. The van der Waals surface area contributed by atoms with Crippen molar-refractivity contribution in [3.05, 3.63) is 48.3 Å². The zero-order chi connectivity index (χ0) is 19.5. The highest BCUT2D eigenvalue weighted by Crippen LogP contribution is 2.29. The number of anilines is 1. The molecule has 0 unspecified atom stereocenters. The van der Waals surface area contributed by atoms with Crippen LogP contribution in [0.1, 0.15) is 32.3 Å². The minimum atomic E-state index is -3.20. The maximum absolute atomic E-state index is 13.2. The van der Waals surface area contributed by atoms with Crippen LogP contribution in [0.15, 0.2) is 42.7 Å². The number of sulfone groups is 1. The van der Waals surface area contributed by atoms with Crippen molar-refractivity contribution in [2.24, 2.45) is 0 Å². The summed E-state index contributed by atoms with van der Waals surface area (Å²) in [5.74, 6) is -0.167. The Balaban J connectivity index is 0.00000280. The fourth-order valence-corrected chi connectivity index (χ4v) is 4.29. The van der Waals surface area contributed by atoms with Crippen molar-refractivity contribution in [3.63, 3.8) is 0 Å². The van der Waals surface area contributed by atoms with Gasteiger partial charge in [0.25, 0.3) is 5.91 Å². The lowest BCUT2D eigenvalue weighted by molar-refractivity contribution is -0.126. The molecule has 0 saturated carbocycles. The number of nitrogens with one attached hydrogen (secondary N) is 2. The van der Waals surface area contributed by atoms with Gasteiger partial charge in [-0.15, -0.1) is 12.4 Å². The van der Waals surface area contributed by atoms with Gasteiger partial charge in [0.15, 0.2) is 9.84 Å². The third-order valence-electron chi connectivity index (χ3n) is 5.07. The topological polar surface area (TPSA) is 93.1 Å². The Kier molecular flexibility index (Phi) is 7.25. The van der Waals surface area contributed by atoms with Gasteiger partial charge in [-0.3, -0.25) is 9.48 Å². The summed E-state index contributed by atoms with van der Waals surface area (Å²) in [5, 5.41) is 10.1. The number of piperidine rings is 1. The molecule has 1 amide bonds. The van der Waals surface area contributed by atoms with E-state index in [1.54, 1.807) is 49.0 Å². The van der Waals surface area contributed by atoms with E-state index in [1.165, 1.54) is 0 Å². The number of amides is 1. The van der Waals surface area contributed by atoms with Gasteiger partial charge < -0.3 is 10.6 Å². The van der Waals surface area contributed by atoms with Gasteiger partial charge in [0.1, 0.15) is 5.54 Å². The van der Waals surface area contributed by atoms with Gasteiger partial charge in [-0.1, -0.05) is 12.1 Å². The second-order valence-electron chi connectivity index (χ2n) is 7.24. The van der Waals surface area contributed by atoms with Crippen LogP contribution in [0.4, 0.5) is 5.69 Å². The van der Waals surface area contributed by atoms with Gasteiger partial charge >= 0.3 is 0 Å². The molecule has 0 spiro atoms. The Labute approximate surface area is 172 Å². The highest BCUT2D eigenvalue weighted by atomic mass is 35.5. The van der Waals surface area contributed by atoms with Gasteiger partial charge in [-0.05, 0) is 63.5 Å². The molecule has 9 heteroatoms. The molecule has 1 aliphatic rings. The van der Waals surface area contributed by atoms with Crippen molar-refractivity contribution in [1.29, 1.82) is 0 Å². The molecule has 0 atom stereocenters. The van der Waals surface area contributed by atoms with Crippen LogP contribution >= 0.6 is 12.4 Å². The Hall–Kier alpha value is -1.90. The van der Waals surface area contributed by atoms with Crippen LogP contribution < -0.4 is 10.6 Å². The van der Waals surface area contributed by atoms with Gasteiger partial charge in [-0.25, -0.2) is 8.42 Å². The van der Waals surface area contributed by atoms with Gasteiger partial charge in [0.2, 0.25) is 0 Å². The summed E-state index contributed by atoms with van der Waals surface area (Å²) in [6, 6.07) is 8.86. The Morgan fingerprint density at radius 1 is 1.29 bits per heavy atom. The molecule has 154 valence electrons. The second kappa shape index (κ2) is 9.07. The predicted molar refractivity (Wildman–Crippen MR) is 112 cm³/mol. The molecule has 0 bridgehead atoms. The second-order valence-corrected chi connectivity index (χ2v) is 9.80. The first kappa shape index (κ1) is 22.4. The first-order valence-corrected chi connectivity index (χ1v) is 10.9. The number of benzene rings is 1. The van der Waals surface area contributed by atoms with Crippen molar-refractivity contribution in [2.45, 2.75) is 43.2 Å². The standard InChI is InChI=1S/C19H26N4O3S.ClH/c1-15(2)27(25,26)14-16-5-3-6-17(13-16)22-18(24)19(7-10-20-11-8-19)23-12-4-9-21-23;/h3-6,9,12-13,15,20H,7-8,10-11,14H2,1-2H3,(H,22,24);1H. The highest BCUT2D eigenvalue weighted by Gasteiger charge is 2.42. The summed E-state index contributed by atoms with van der Waals surface area (Å²) in [4.78, 5) is 13.2. The van der Waals surface area contributed by atoms with E-state index >= 15 is 0 Å². The van der Waals surface area contributed by atoms with E-state index in [9.17, 15) is 13.2 Å². The van der Waals surface area contributed by atoms with Crippen molar-refractivity contribution in [1.82, 2.24) is 15.1 Å². The lowest BCUT2D eigenvalue weighted by atomic mass is 9.87. The number of rotatable bonds is 6. The molecule has 1 aliphatic heterocycles. The molecule has 2 heterocycles. The minimum absolute atomic E-state index is 0. The maximum Gasteiger partial charge on any atom is 0.252 e. The summed E-state index contributed by atoms with van der Waals surface area (Å²) in [7, 11) is -3.20. The number of halogens is 1. The summed E-state index contributed by atoms with van der Waals surface area (Å²) in [6.07, 6.45) is 4.77. The minimum Gasteiger partial charge on any atom is -0.324 e. The molecule has 2 N–H and O–H groups in total. The van der Waals surface area contributed by atoms with Crippen molar-refractivity contribution >= 4 is 33.8 Å². The van der Waals surface area contributed by atoms with E-state index in [0.29, 0.717) is 24.1 Å². The maximum atomic E-state index is 13.2. The van der Waals surface area contributed by atoms with Crippen molar-refractivity contribution in [3.8, 4) is 0 Å². The molecule has 28 heavy (non-hydrogen) atoms. The lowest BCUT2D eigenvalue weighted by Crippen LogP contribution is -2.52. The first-order chi connectivity index (χ1) is 12.8. The van der Waals surface area contributed by atoms with Crippen LogP contribution in [-0.4, -0.2) is 42.4 Å². The molecule has 0 radical (unpaired) electrons. The van der Waals surface area contributed by atoms with Crippen LogP contribution in [-0.2, 0) is 25.9 Å². The predicted octanol–water partition coefficient (Wildman–Crippen LogP) is 2.35. The molecule has 1 fully saturated rings. The highest BCUT2D eigenvalue weighted by molar-refractivity contribution is 7.91. The molecule has 1 aromatic heterocycles. The van der Waals surface area contributed by atoms with Gasteiger partial charge in [0.05, 0.1) is 11.0 Å². The van der Waals surface area contributed by atoms with Crippen LogP contribution in [0.3, 0.4) is 0 Å². The monoisotopic (exact) mass is 426 g/mol. The normalized spacial score (nSPS) is 16.4. The Bertz CT molecular complexity index is 892. The van der Waals surface area contributed by atoms with Crippen LogP contribution in [0.25, 0.3) is 0 Å². The zero-order valence-corrected chi connectivity index (χ0v) is 17.7.